The van der Waals surface area contributed by atoms with Crippen LogP contribution in [0.15, 0.2) is 30.8 Å². The molecule has 0 bridgehead atoms. The first-order valence-electron chi connectivity index (χ1n) is 4.64. The second-order valence-corrected chi connectivity index (χ2v) is 3.00. The Morgan fingerprint density at radius 1 is 1.47 bits per heavy atom. The van der Waals surface area contributed by atoms with E-state index in [0.717, 1.165) is 5.56 Å². The van der Waals surface area contributed by atoms with E-state index in [1.54, 1.807) is 31.2 Å². The maximum atomic E-state index is 11.6. The standard InChI is InChI=1S/C12H14O3/c1-4-10-7-5-6-8-11(10)12(13)15-9(2)14-3/h4-9H,1H2,2-3H3. The number of rotatable bonds is 4. The Kier molecular flexibility index (Phi) is 4.06. The average Bonchev–Trinajstić information content (AvgIpc) is 2.28. The molecule has 80 valence electrons. The van der Waals surface area contributed by atoms with E-state index in [4.69, 9.17) is 9.47 Å². The molecule has 0 heterocycles. The first-order valence-corrected chi connectivity index (χ1v) is 4.64. The largest absolute Gasteiger partial charge is 0.432 e. The number of ether oxygens (including phenoxy) is 2. The molecule has 3 heteroatoms. The maximum Gasteiger partial charge on any atom is 0.341 e. The minimum Gasteiger partial charge on any atom is -0.432 e. The van der Waals surface area contributed by atoms with Gasteiger partial charge in [-0.3, -0.25) is 0 Å². The van der Waals surface area contributed by atoms with E-state index in [-0.39, 0.29) is 0 Å². The van der Waals surface area contributed by atoms with Crippen molar-refractivity contribution in [3.8, 4) is 0 Å². The van der Waals surface area contributed by atoms with Crippen LogP contribution in [-0.4, -0.2) is 19.4 Å². The number of methoxy groups -OCH3 is 1. The fourth-order valence-electron chi connectivity index (χ4n) is 1.12. The van der Waals surface area contributed by atoms with Crippen LogP contribution in [0.1, 0.15) is 22.8 Å². The van der Waals surface area contributed by atoms with Crippen molar-refractivity contribution in [2.45, 2.75) is 13.2 Å². The molecule has 0 aliphatic carbocycles. The lowest BCUT2D eigenvalue weighted by atomic mass is 10.1. The van der Waals surface area contributed by atoms with E-state index in [1.807, 2.05) is 6.07 Å². The molecule has 0 aliphatic heterocycles. The van der Waals surface area contributed by atoms with Gasteiger partial charge in [0.25, 0.3) is 0 Å². The van der Waals surface area contributed by atoms with Gasteiger partial charge in [0.05, 0.1) is 5.56 Å². The van der Waals surface area contributed by atoms with Crippen molar-refractivity contribution in [1.29, 1.82) is 0 Å². The SMILES string of the molecule is C=Cc1ccccc1C(=O)OC(C)OC. The molecule has 0 aliphatic rings. The first kappa shape index (κ1) is 11.5. The van der Waals surface area contributed by atoms with Crippen molar-refractivity contribution in [2.75, 3.05) is 7.11 Å². The molecule has 1 unspecified atom stereocenters. The predicted molar refractivity (Wildman–Crippen MR) is 58.4 cm³/mol. The molecule has 0 aromatic heterocycles. The monoisotopic (exact) mass is 206 g/mol. The first-order chi connectivity index (χ1) is 7.19. The lowest BCUT2D eigenvalue weighted by Crippen LogP contribution is -2.17. The lowest BCUT2D eigenvalue weighted by molar-refractivity contribution is -0.0773. The van der Waals surface area contributed by atoms with Gasteiger partial charge in [-0.1, -0.05) is 30.9 Å². The summed E-state index contributed by atoms with van der Waals surface area (Å²) in [7, 11) is 1.48. The Morgan fingerprint density at radius 2 is 2.13 bits per heavy atom. The summed E-state index contributed by atoms with van der Waals surface area (Å²) in [5.41, 5.74) is 1.25. The Bertz CT molecular complexity index is 358. The third-order valence-electron chi connectivity index (χ3n) is 2.01. The highest BCUT2D eigenvalue weighted by Crippen LogP contribution is 2.12. The quantitative estimate of drug-likeness (QED) is 0.560. The average molecular weight is 206 g/mol. The molecule has 1 aromatic carbocycles. The van der Waals surface area contributed by atoms with Crippen LogP contribution in [0.25, 0.3) is 6.08 Å². The normalized spacial score (nSPS) is 11.9. The Balaban J connectivity index is 2.86. The van der Waals surface area contributed by atoms with Crippen molar-refractivity contribution in [3.63, 3.8) is 0 Å². The molecule has 1 rings (SSSR count). The molecule has 0 radical (unpaired) electrons. The highest BCUT2D eigenvalue weighted by atomic mass is 16.7. The van der Waals surface area contributed by atoms with Crippen molar-refractivity contribution < 1.29 is 14.3 Å². The zero-order valence-corrected chi connectivity index (χ0v) is 8.90. The second kappa shape index (κ2) is 5.32. The zero-order valence-electron chi connectivity index (χ0n) is 8.90. The molecular weight excluding hydrogens is 192 g/mol. The van der Waals surface area contributed by atoms with Gasteiger partial charge in [-0.15, -0.1) is 0 Å². The minimum absolute atomic E-state index is 0.403. The molecule has 15 heavy (non-hydrogen) atoms. The molecule has 0 spiro atoms. The molecule has 0 saturated carbocycles. The van der Waals surface area contributed by atoms with E-state index in [2.05, 4.69) is 6.58 Å². The van der Waals surface area contributed by atoms with Gasteiger partial charge in [0.15, 0.2) is 6.29 Å². The molecule has 1 aromatic rings. The lowest BCUT2D eigenvalue weighted by Gasteiger charge is -2.12. The summed E-state index contributed by atoms with van der Waals surface area (Å²) in [4.78, 5) is 11.6. The van der Waals surface area contributed by atoms with Crippen LogP contribution < -0.4 is 0 Å². The predicted octanol–water partition coefficient (Wildman–Crippen LogP) is 2.48. The number of carbonyl (C=O) groups excluding carboxylic acids is 1. The van der Waals surface area contributed by atoms with E-state index in [0.29, 0.717) is 5.56 Å². The van der Waals surface area contributed by atoms with Crippen LogP contribution in [-0.2, 0) is 9.47 Å². The molecule has 0 saturated heterocycles. The van der Waals surface area contributed by atoms with E-state index >= 15 is 0 Å². The number of esters is 1. The summed E-state index contributed by atoms with van der Waals surface area (Å²) < 4.78 is 9.87. The highest BCUT2D eigenvalue weighted by molar-refractivity contribution is 5.93. The van der Waals surface area contributed by atoms with Crippen LogP contribution in [0.2, 0.25) is 0 Å². The van der Waals surface area contributed by atoms with Gasteiger partial charge in [0, 0.05) is 7.11 Å². The molecule has 0 fully saturated rings. The Morgan fingerprint density at radius 3 is 2.73 bits per heavy atom. The summed E-state index contributed by atoms with van der Waals surface area (Å²) in [6.45, 7) is 5.30. The van der Waals surface area contributed by atoms with Crippen LogP contribution >= 0.6 is 0 Å². The van der Waals surface area contributed by atoms with E-state index in [9.17, 15) is 4.79 Å². The summed E-state index contributed by atoms with van der Waals surface area (Å²) in [5.74, 6) is -0.403. The number of benzene rings is 1. The summed E-state index contributed by atoms with van der Waals surface area (Å²) >= 11 is 0. The maximum absolute atomic E-state index is 11.6. The number of hydrogen-bond acceptors (Lipinski definition) is 3. The third-order valence-corrected chi connectivity index (χ3v) is 2.01. The van der Waals surface area contributed by atoms with Gasteiger partial charge in [0.1, 0.15) is 0 Å². The minimum atomic E-state index is -0.546. The number of carbonyl (C=O) groups is 1. The third kappa shape index (κ3) is 2.92. The molecule has 0 amide bonds. The van der Waals surface area contributed by atoms with Gasteiger partial charge in [0.2, 0.25) is 0 Å². The molecule has 3 nitrogen and oxygen atoms in total. The summed E-state index contributed by atoms with van der Waals surface area (Å²) in [6, 6.07) is 7.12. The molecular formula is C12H14O3. The zero-order chi connectivity index (χ0) is 11.3. The fourth-order valence-corrected chi connectivity index (χ4v) is 1.12. The van der Waals surface area contributed by atoms with Crippen LogP contribution in [0.5, 0.6) is 0 Å². The highest BCUT2D eigenvalue weighted by Gasteiger charge is 2.13. The molecule has 1 atom stereocenters. The summed E-state index contributed by atoms with van der Waals surface area (Å²) in [5, 5.41) is 0. The van der Waals surface area contributed by atoms with Gasteiger partial charge in [-0.05, 0) is 18.6 Å². The number of hydrogen-bond donors (Lipinski definition) is 0. The fraction of sp³-hybridized carbons (Fsp3) is 0.250. The Labute approximate surface area is 89.3 Å². The van der Waals surface area contributed by atoms with Crippen molar-refractivity contribution in [3.05, 3.63) is 42.0 Å². The van der Waals surface area contributed by atoms with Gasteiger partial charge in [-0.25, -0.2) is 4.79 Å². The van der Waals surface area contributed by atoms with Crippen molar-refractivity contribution in [1.82, 2.24) is 0 Å². The smallest absolute Gasteiger partial charge is 0.341 e. The summed E-state index contributed by atoms with van der Waals surface area (Å²) in [6.07, 6.45) is 1.07. The van der Waals surface area contributed by atoms with Crippen molar-refractivity contribution >= 4 is 12.0 Å². The van der Waals surface area contributed by atoms with Gasteiger partial charge < -0.3 is 9.47 Å². The van der Waals surface area contributed by atoms with Crippen LogP contribution in [0, 0.1) is 0 Å². The van der Waals surface area contributed by atoms with Crippen molar-refractivity contribution in [2.24, 2.45) is 0 Å². The van der Waals surface area contributed by atoms with Crippen LogP contribution in [0.4, 0.5) is 0 Å². The van der Waals surface area contributed by atoms with E-state index < -0.39 is 12.3 Å². The molecule has 0 N–H and O–H groups in total. The van der Waals surface area contributed by atoms with E-state index in [1.165, 1.54) is 7.11 Å². The second-order valence-electron chi connectivity index (χ2n) is 3.00. The topological polar surface area (TPSA) is 35.5 Å². The van der Waals surface area contributed by atoms with Gasteiger partial charge >= 0.3 is 5.97 Å². The van der Waals surface area contributed by atoms with Crippen LogP contribution in [0.3, 0.4) is 0 Å². The Hall–Kier alpha value is -1.61. The van der Waals surface area contributed by atoms with Gasteiger partial charge in [-0.2, -0.15) is 0 Å².